The molecule has 0 unspecified atom stereocenters. The molecule has 2 rings (SSSR count). The molecule has 1 heterocycles. The van der Waals surface area contributed by atoms with Gasteiger partial charge in [-0.15, -0.1) is 6.58 Å². The molecule has 1 fully saturated rings. The number of urea groups is 1. The van der Waals surface area contributed by atoms with Crippen molar-refractivity contribution in [2.45, 2.75) is 13.5 Å². The highest BCUT2D eigenvalue weighted by atomic mass is 16.2. The fourth-order valence-electron chi connectivity index (χ4n) is 2.41. The van der Waals surface area contributed by atoms with E-state index >= 15 is 0 Å². The molecule has 0 radical (unpaired) electrons. The first-order chi connectivity index (χ1) is 9.70. The Hall–Kier alpha value is -1.81. The predicted molar refractivity (Wildman–Crippen MR) is 81.6 cm³/mol. The summed E-state index contributed by atoms with van der Waals surface area (Å²) in [4.78, 5) is 16.1. The zero-order chi connectivity index (χ0) is 14.4. The summed E-state index contributed by atoms with van der Waals surface area (Å²) in [5.74, 6) is 0. The van der Waals surface area contributed by atoms with Gasteiger partial charge in [0.25, 0.3) is 0 Å². The van der Waals surface area contributed by atoms with E-state index in [1.54, 1.807) is 6.08 Å². The Labute approximate surface area is 121 Å². The monoisotopic (exact) mass is 273 g/mol. The molecule has 1 N–H and O–H groups in total. The Kier molecular flexibility index (Phi) is 5.18. The van der Waals surface area contributed by atoms with Crippen LogP contribution in [0.4, 0.5) is 4.79 Å². The van der Waals surface area contributed by atoms with E-state index in [1.807, 2.05) is 4.90 Å². The van der Waals surface area contributed by atoms with Crippen LogP contribution in [0, 0.1) is 6.92 Å². The Morgan fingerprint density at radius 2 is 2.00 bits per heavy atom. The quantitative estimate of drug-likeness (QED) is 0.852. The molecule has 0 saturated carbocycles. The molecule has 0 spiro atoms. The van der Waals surface area contributed by atoms with Crippen molar-refractivity contribution in [3.05, 3.63) is 48.0 Å². The van der Waals surface area contributed by atoms with Crippen LogP contribution in [0.15, 0.2) is 36.9 Å². The number of hydrogen-bond acceptors (Lipinski definition) is 2. The van der Waals surface area contributed by atoms with Crippen LogP contribution >= 0.6 is 0 Å². The largest absolute Gasteiger partial charge is 0.335 e. The highest BCUT2D eigenvalue weighted by molar-refractivity contribution is 5.74. The molecule has 1 saturated heterocycles. The van der Waals surface area contributed by atoms with Crippen LogP contribution in [0.25, 0.3) is 0 Å². The average Bonchev–Trinajstić information content (AvgIpc) is 2.48. The van der Waals surface area contributed by atoms with E-state index in [0.717, 1.165) is 32.7 Å². The van der Waals surface area contributed by atoms with Gasteiger partial charge in [-0.1, -0.05) is 30.3 Å². The summed E-state index contributed by atoms with van der Waals surface area (Å²) < 4.78 is 0. The van der Waals surface area contributed by atoms with Gasteiger partial charge in [0.2, 0.25) is 0 Å². The summed E-state index contributed by atoms with van der Waals surface area (Å²) in [5.41, 5.74) is 2.70. The number of rotatable bonds is 4. The first kappa shape index (κ1) is 14.6. The highest BCUT2D eigenvalue weighted by Crippen LogP contribution is 2.12. The normalized spacial score (nSPS) is 15.9. The standard InChI is InChI=1S/C16H23N3O/c1-3-8-17-16(20)19-11-9-18(10-12-19)13-15-7-5-4-6-14(15)2/h3-7H,1,8-13H2,2H3,(H,17,20). The lowest BCUT2D eigenvalue weighted by Gasteiger charge is -2.34. The van der Waals surface area contributed by atoms with Crippen LogP contribution in [-0.2, 0) is 6.54 Å². The molecule has 0 bridgehead atoms. The Bertz CT molecular complexity index is 465. The van der Waals surface area contributed by atoms with Gasteiger partial charge in [0.1, 0.15) is 0 Å². The summed E-state index contributed by atoms with van der Waals surface area (Å²) in [5, 5.41) is 2.83. The van der Waals surface area contributed by atoms with Crippen LogP contribution in [0.1, 0.15) is 11.1 Å². The summed E-state index contributed by atoms with van der Waals surface area (Å²) >= 11 is 0. The second-order valence-electron chi connectivity index (χ2n) is 5.16. The molecule has 0 aromatic heterocycles. The second-order valence-corrected chi connectivity index (χ2v) is 5.16. The second kappa shape index (κ2) is 7.10. The number of nitrogens with zero attached hydrogens (tertiary/aromatic N) is 2. The number of nitrogens with one attached hydrogen (secondary N) is 1. The maximum atomic E-state index is 11.8. The fraction of sp³-hybridized carbons (Fsp3) is 0.438. The number of carbonyl (C=O) groups excluding carboxylic acids is 1. The van der Waals surface area contributed by atoms with Crippen molar-refractivity contribution in [1.82, 2.24) is 15.1 Å². The minimum atomic E-state index is 0.0143. The van der Waals surface area contributed by atoms with E-state index < -0.39 is 0 Å². The van der Waals surface area contributed by atoms with Crippen molar-refractivity contribution in [1.29, 1.82) is 0 Å². The molecule has 2 amide bonds. The van der Waals surface area contributed by atoms with Gasteiger partial charge in [-0.25, -0.2) is 4.79 Å². The summed E-state index contributed by atoms with van der Waals surface area (Å²) in [6.07, 6.45) is 1.70. The van der Waals surface area contributed by atoms with E-state index in [-0.39, 0.29) is 6.03 Å². The molecule has 1 aromatic carbocycles. The molecule has 108 valence electrons. The number of benzene rings is 1. The molecular weight excluding hydrogens is 250 g/mol. The third-order valence-electron chi connectivity index (χ3n) is 3.71. The van der Waals surface area contributed by atoms with Crippen molar-refractivity contribution in [2.75, 3.05) is 32.7 Å². The van der Waals surface area contributed by atoms with Crippen molar-refractivity contribution in [2.24, 2.45) is 0 Å². The number of hydrogen-bond donors (Lipinski definition) is 1. The number of piperazine rings is 1. The lowest BCUT2D eigenvalue weighted by Crippen LogP contribution is -2.51. The van der Waals surface area contributed by atoms with Gasteiger partial charge in [0.05, 0.1) is 0 Å². The molecule has 0 atom stereocenters. The van der Waals surface area contributed by atoms with Crippen molar-refractivity contribution < 1.29 is 4.79 Å². The Morgan fingerprint density at radius 1 is 1.30 bits per heavy atom. The lowest BCUT2D eigenvalue weighted by atomic mass is 10.1. The maximum Gasteiger partial charge on any atom is 0.317 e. The van der Waals surface area contributed by atoms with Crippen LogP contribution in [0.5, 0.6) is 0 Å². The number of aryl methyl sites for hydroxylation is 1. The summed E-state index contributed by atoms with van der Waals surface area (Å²) in [7, 11) is 0. The molecule has 4 heteroatoms. The number of amides is 2. The van der Waals surface area contributed by atoms with E-state index in [0.29, 0.717) is 6.54 Å². The number of carbonyl (C=O) groups is 1. The van der Waals surface area contributed by atoms with Crippen LogP contribution < -0.4 is 5.32 Å². The minimum Gasteiger partial charge on any atom is -0.335 e. The Morgan fingerprint density at radius 3 is 2.65 bits per heavy atom. The van der Waals surface area contributed by atoms with Crippen LogP contribution in [-0.4, -0.2) is 48.6 Å². The third kappa shape index (κ3) is 3.84. The van der Waals surface area contributed by atoms with Gasteiger partial charge in [-0.05, 0) is 18.1 Å². The third-order valence-corrected chi connectivity index (χ3v) is 3.71. The van der Waals surface area contributed by atoms with Gasteiger partial charge in [-0.2, -0.15) is 0 Å². The van der Waals surface area contributed by atoms with Gasteiger partial charge in [0.15, 0.2) is 0 Å². The van der Waals surface area contributed by atoms with E-state index in [2.05, 4.69) is 48.0 Å². The van der Waals surface area contributed by atoms with Gasteiger partial charge in [0, 0.05) is 39.3 Å². The average molecular weight is 273 g/mol. The molecule has 4 nitrogen and oxygen atoms in total. The van der Waals surface area contributed by atoms with Gasteiger partial charge in [-0.3, -0.25) is 4.90 Å². The zero-order valence-corrected chi connectivity index (χ0v) is 12.1. The van der Waals surface area contributed by atoms with Crippen LogP contribution in [0.3, 0.4) is 0 Å². The van der Waals surface area contributed by atoms with E-state index in [1.165, 1.54) is 11.1 Å². The van der Waals surface area contributed by atoms with Crippen LogP contribution in [0.2, 0.25) is 0 Å². The molecule has 1 aliphatic rings. The Balaban J connectivity index is 1.81. The first-order valence-corrected chi connectivity index (χ1v) is 7.11. The molecule has 0 aliphatic carbocycles. The van der Waals surface area contributed by atoms with E-state index in [9.17, 15) is 4.79 Å². The molecule has 1 aromatic rings. The molecule has 1 aliphatic heterocycles. The highest BCUT2D eigenvalue weighted by Gasteiger charge is 2.20. The first-order valence-electron chi connectivity index (χ1n) is 7.11. The van der Waals surface area contributed by atoms with Crippen molar-refractivity contribution in [3.8, 4) is 0 Å². The SMILES string of the molecule is C=CCNC(=O)N1CCN(Cc2ccccc2C)CC1. The minimum absolute atomic E-state index is 0.0143. The van der Waals surface area contributed by atoms with Crippen molar-refractivity contribution >= 4 is 6.03 Å². The maximum absolute atomic E-state index is 11.8. The summed E-state index contributed by atoms with van der Waals surface area (Å²) in [6, 6.07) is 8.50. The zero-order valence-electron chi connectivity index (χ0n) is 12.1. The lowest BCUT2D eigenvalue weighted by molar-refractivity contribution is 0.136. The topological polar surface area (TPSA) is 35.6 Å². The smallest absolute Gasteiger partial charge is 0.317 e. The van der Waals surface area contributed by atoms with Gasteiger partial charge < -0.3 is 10.2 Å². The fourth-order valence-corrected chi connectivity index (χ4v) is 2.41. The molecule has 20 heavy (non-hydrogen) atoms. The van der Waals surface area contributed by atoms with E-state index in [4.69, 9.17) is 0 Å². The summed E-state index contributed by atoms with van der Waals surface area (Å²) in [6.45, 7) is 10.7. The predicted octanol–water partition coefficient (Wildman–Crippen LogP) is 2.01. The van der Waals surface area contributed by atoms with Crippen molar-refractivity contribution in [3.63, 3.8) is 0 Å². The van der Waals surface area contributed by atoms with Gasteiger partial charge >= 0.3 is 6.03 Å². The molecular formula is C16H23N3O.